The van der Waals surface area contributed by atoms with Gasteiger partial charge >= 0.3 is 0 Å². The normalized spacial score (nSPS) is 12.2. The molecular formula is C22H16F2N2O2. The van der Waals surface area contributed by atoms with Gasteiger partial charge in [-0.05, 0) is 34.9 Å². The van der Waals surface area contributed by atoms with Gasteiger partial charge in [0, 0.05) is 10.3 Å². The highest BCUT2D eigenvalue weighted by molar-refractivity contribution is 5.92. The van der Waals surface area contributed by atoms with Crippen LogP contribution in [0.25, 0.3) is 22.2 Å². The van der Waals surface area contributed by atoms with E-state index < -0.39 is 29.0 Å². The van der Waals surface area contributed by atoms with Crippen molar-refractivity contribution in [3.8, 4) is 11.3 Å². The van der Waals surface area contributed by atoms with Crippen LogP contribution in [-0.2, 0) is 0 Å². The molecular weight excluding hydrogens is 362 g/mol. The number of rotatable bonds is 5. The third-order valence-corrected chi connectivity index (χ3v) is 4.84. The molecule has 1 heterocycles. The van der Waals surface area contributed by atoms with Crippen molar-refractivity contribution in [3.05, 3.63) is 106 Å². The molecule has 1 atom stereocenters. The number of hydrogen-bond donors (Lipinski definition) is 1. The second-order valence-corrected chi connectivity index (χ2v) is 6.56. The molecule has 4 rings (SSSR count). The van der Waals surface area contributed by atoms with Gasteiger partial charge in [-0.25, -0.2) is 8.78 Å². The van der Waals surface area contributed by atoms with Gasteiger partial charge in [-0.1, -0.05) is 54.6 Å². The molecule has 4 nitrogen and oxygen atoms in total. The Kier molecular flexibility index (Phi) is 4.61. The average molecular weight is 378 g/mol. The van der Waals surface area contributed by atoms with Crippen molar-refractivity contribution in [2.24, 2.45) is 0 Å². The Hall–Kier alpha value is -3.54. The van der Waals surface area contributed by atoms with Crippen LogP contribution in [0.4, 0.5) is 8.78 Å². The van der Waals surface area contributed by atoms with Gasteiger partial charge in [-0.2, -0.15) is 0 Å². The molecule has 0 fully saturated rings. The van der Waals surface area contributed by atoms with E-state index in [-0.39, 0.29) is 0 Å². The summed E-state index contributed by atoms with van der Waals surface area (Å²) in [5.41, 5.74) is 2.94. The van der Waals surface area contributed by atoms with Crippen LogP contribution in [0.2, 0.25) is 0 Å². The molecule has 0 saturated heterocycles. The predicted octanol–water partition coefficient (Wildman–Crippen LogP) is 5.52. The van der Waals surface area contributed by atoms with E-state index >= 15 is 0 Å². The number of benzene rings is 3. The highest BCUT2D eigenvalue weighted by Gasteiger charge is 2.28. The quantitative estimate of drug-likeness (QED) is 0.367. The summed E-state index contributed by atoms with van der Waals surface area (Å²) in [6.45, 7) is -0.394. The van der Waals surface area contributed by atoms with Crippen LogP contribution in [0.15, 0.2) is 72.8 Å². The molecule has 0 spiro atoms. The molecule has 140 valence electrons. The van der Waals surface area contributed by atoms with E-state index in [4.69, 9.17) is 0 Å². The van der Waals surface area contributed by atoms with Gasteiger partial charge in [-0.15, -0.1) is 0 Å². The zero-order chi connectivity index (χ0) is 19.7. The molecule has 0 radical (unpaired) electrons. The Morgan fingerprint density at radius 3 is 2.32 bits per heavy atom. The van der Waals surface area contributed by atoms with E-state index in [1.165, 1.54) is 30.3 Å². The summed E-state index contributed by atoms with van der Waals surface area (Å²) in [5.74, 6) is -1.52. The predicted molar refractivity (Wildman–Crippen MR) is 104 cm³/mol. The molecule has 0 amide bonds. The molecule has 0 aliphatic heterocycles. The lowest BCUT2D eigenvalue weighted by molar-refractivity contribution is -0.481. The summed E-state index contributed by atoms with van der Waals surface area (Å²) in [5, 5.41) is 12.0. The lowest BCUT2D eigenvalue weighted by Crippen LogP contribution is -2.14. The number of fused-ring (bicyclic) bond motifs is 1. The van der Waals surface area contributed by atoms with E-state index in [0.29, 0.717) is 27.7 Å². The van der Waals surface area contributed by atoms with Crippen molar-refractivity contribution in [2.45, 2.75) is 5.92 Å². The van der Waals surface area contributed by atoms with Gasteiger partial charge in [0.15, 0.2) is 0 Å². The molecule has 6 heteroatoms. The van der Waals surface area contributed by atoms with Crippen molar-refractivity contribution < 1.29 is 13.7 Å². The van der Waals surface area contributed by atoms with Gasteiger partial charge in [0.1, 0.15) is 11.6 Å². The minimum absolute atomic E-state index is 0.298. The highest BCUT2D eigenvalue weighted by atomic mass is 19.1. The molecule has 0 bridgehead atoms. The largest absolute Gasteiger partial charge is 0.352 e. The lowest BCUT2D eigenvalue weighted by Gasteiger charge is -2.16. The molecule has 0 aliphatic carbocycles. The van der Waals surface area contributed by atoms with Crippen LogP contribution in [-0.4, -0.2) is 16.5 Å². The summed E-state index contributed by atoms with van der Waals surface area (Å²) in [6.07, 6.45) is 0. The van der Waals surface area contributed by atoms with Gasteiger partial charge in [0.2, 0.25) is 6.54 Å². The maximum Gasteiger partial charge on any atom is 0.214 e. The number of hydrogen-bond acceptors (Lipinski definition) is 2. The number of aromatic nitrogens is 1. The van der Waals surface area contributed by atoms with Crippen LogP contribution in [0.1, 0.15) is 17.0 Å². The first kappa shape index (κ1) is 17.9. The van der Waals surface area contributed by atoms with E-state index in [2.05, 4.69) is 4.98 Å². The number of H-pyrrole nitrogens is 1. The summed E-state index contributed by atoms with van der Waals surface area (Å²) in [4.78, 5) is 14.2. The SMILES string of the molecule is O=[N+]([O-])CC(c1ccc(F)cc1)c1c(-c2ccccc2)[nH]c2c(F)cccc12. The molecule has 1 N–H and O–H groups in total. The van der Waals surface area contributed by atoms with Crippen LogP contribution in [0.5, 0.6) is 0 Å². The van der Waals surface area contributed by atoms with Crippen molar-refractivity contribution in [1.29, 1.82) is 0 Å². The zero-order valence-corrected chi connectivity index (χ0v) is 14.7. The number of nitrogens with zero attached hydrogens (tertiary/aromatic N) is 1. The van der Waals surface area contributed by atoms with Crippen molar-refractivity contribution in [1.82, 2.24) is 4.98 Å². The van der Waals surface area contributed by atoms with E-state index in [9.17, 15) is 18.9 Å². The second kappa shape index (κ2) is 7.23. The van der Waals surface area contributed by atoms with Gasteiger partial charge in [0.25, 0.3) is 0 Å². The van der Waals surface area contributed by atoms with Crippen LogP contribution in [0, 0.1) is 21.7 Å². The number of aromatic amines is 1. The van der Waals surface area contributed by atoms with Crippen LogP contribution < -0.4 is 0 Å². The number of nitro groups is 1. The fourth-order valence-corrected chi connectivity index (χ4v) is 3.60. The van der Waals surface area contributed by atoms with Gasteiger partial charge in [-0.3, -0.25) is 10.1 Å². The Labute approximate surface area is 159 Å². The average Bonchev–Trinajstić information content (AvgIpc) is 3.08. The molecule has 3 aromatic carbocycles. The first-order valence-electron chi connectivity index (χ1n) is 8.77. The molecule has 1 aromatic heterocycles. The monoisotopic (exact) mass is 378 g/mol. The maximum atomic E-state index is 14.5. The third kappa shape index (κ3) is 3.24. The fourth-order valence-electron chi connectivity index (χ4n) is 3.60. The Morgan fingerprint density at radius 1 is 0.929 bits per heavy atom. The van der Waals surface area contributed by atoms with Gasteiger partial charge in [0.05, 0.1) is 17.1 Å². The first-order chi connectivity index (χ1) is 13.5. The molecule has 4 aromatic rings. The molecule has 28 heavy (non-hydrogen) atoms. The number of halogens is 2. The van der Waals surface area contributed by atoms with Gasteiger partial charge < -0.3 is 4.98 Å². The van der Waals surface area contributed by atoms with E-state index in [1.54, 1.807) is 12.1 Å². The highest BCUT2D eigenvalue weighted by Crippen LogP contribution is 2.39. The summed E-state index contributed by atoms with van der Waals surface area (Å²) in [7, 11) is 0. The van der Waals surface area contributed by atoms with Crippen LogP contribution in [0.3, 0.4) is 0 Å². The minimum Gasteiger partial charge on any atom is -0.352 e. The fraction of sp³-hybridized carbons (Fsp3) is 0.0909. The Balaban J connectivity index is 2.01. The number of para-hydroxylation sites is 1. The van der Waals surface area contributed by atoms with E-state index in [1.807, 2.05) is 30.3 Å². The molecule has 1 unspecified atom stereocenters. The standard InChI is InChI=1S/C22H16F2N2O2/c23-16-11-9-14(10-12-16)18(13-26(27)28)20-17-7-4-8-19(24)22(17)25-21(20)15-5-2-1-3-6-15/h1-12,18,25H,13H2. The Bertz CT molecular complexity index is 1140. The zero-order valence-electron chi connectivity index (χ0n) is 14.7. The second-order valence-electron chi connectivity index (χ2n) is 6.56. The molecule has 0 saturated carbocycles. The summed E-state index contributed by atoms with van der Waals surface area (Å²) in [6, 6.07) is 19.6. The Morgan fingerprint density at radius 2 is 1.64 bits per heavy atom. The van der Waals surface area contributed by atoms with E-state index in [0.717, 1.165) is 5.56 Å². The number of nitrogens with one attached hydrogen (secondary N) is 1. The van der Waals surface area contributed by atoms with Crippen LogP contribution >= 0.6 is 0 Å². The minimum atomic E-state index is -0.665. The maximum absolute atomic E-state index is 14.5. The van der Waals surface area contributed by atoms with Crippen molar-refractivity contribution in [2.75, 3.05) is 6.54 Å². The van der Waals surface area contributed by atoms with Crippen molar-refractivity contribution >= 4 is 10.9 Å². The topological polar surface area (TPSA) is 58.9 Å². The van der Waals surface area contributed by atoms with Crippen molar-refractivity contribution in [3.63, 3.8) is 0 Å². The first-order valence-corrected chi connectivity index (χ1v) is 8.77. The smallest absolute Gasteiger partial charge is 0.214 e. The molecule has 0 aliphatic rings. The summed E-state index contributed by atoms with van der Waals surface area (Å²) >= 11 is 0. The third-order valence-electron chi connectivity index (χ3n) is 4.84. The summed E-state index contributed by atoms with van der Waals surface area (Å²) < 4.78 is 27.9. The lowest BCUT2D eigenvalue weighted by atomic mass is 9.87.